The highest BCUT2D eigenvalue weighted by molar-refractivity contribution is 7.89. The van der Waals surface area contributed by atoms with Gasteiger partial charge in [-0.2, -0.15) is 4.31 Å². The van der Waals surface area contributed by atoms with Gasteiger partial charge in [-0.15, -0.1) is 0 Å². The van der Waals surface area contributed by atoms with Crippen LogP contribution in [0, 0.1) is 12.3 Å². The molecular formula is C23H30N2O5S. The Hall–Kier alpha value is -2.58. The number of carbonyl (C=O) groups excluding carboxylic acids is 1. The molecule has 1 heterocycles. The number of ether oxygens (including phenoxy) is 2. The summed E-state index contributed by atoms with van der Waals surface area (Å²) in [5, 5.41) is 3.00. The molecule has 0 bridgehead atoms. The van der Waals surface area contributed by atoms with Crippen molar-refractivity contribution in [3.63, 3.8) is 0 Å². The molecule has 1 saturated heterocycles. The molecule has 0 saturated carbocycles. The fourth-order valence-corrected chi connectivity index (χ4v) is 5.13. The number of aryl methyl sites for hydroxylation is 1. The average Bonchev–Trinajstić information content (AvgIpc) is 2.78. The van der Waals surface area contributed by atoms with Crippen molar-refractivity contribution in [3.05, 3.63) is 53.6 Å². The number of piperidine rings is 1. The lowest BCUT2D eigenvalue weighted by Gasteiger charge is -2.37. The third-order valence-electron chi connectivity index (χ3n) is 5.94. The number of rotatable bonds is 7. The fraction of sp³-hybridized carbons (Fsp3) is 0.435. The Morgan fingerprint density at radius 3 is 2.23 bits per heavy atom. The van der Waals surface area contributed by atoms with Gasteiger partial charge in [-0.1, -0.05) is 36.8 Å². The van der Waals surface area contributed by atoms with Gasteiger partial charge in [0.25, 0.3) is 0 Å². The number of sulfonamides is 1. The molecule has 1 aliphatic rings. The Bertz CT molecular complexity index is 1030. The summed E-state index contributed by atoms with van der Waals surface area (Å²) in [6.07, 6.45) is 0.915. The van der Waals surface area contributed by atoms with Crippen LogP contribution in [0.1, 0.15) is 30.9 Å². The topological polar surface area (TPSA) is 84.9 Å². The number of amides is 1. The second-order valence-electron chi connectivity index (χ2n) is 8.15. The standard InChI is InChI=1S/C23H30N2O5S/c1-17-5-7-18(8-6-17)16-24-22(26)23(2)11-13-25(14-12-23)31(27,28)19-9-10-20(29-3)21(15-19)30-4/h5-10,15H,11-14,16H2,1-4H3,(H,24,26). The molecule has 0 spiro atoms. The van der Waals surface area contributed by atoms with E-state index in [1.54, 1.807) is 6.07 Å². The molecule has 31 heavy (non-hydrogen) atoms. The van der Waals surface area contributed by atoms with E-state index in [0.717, 1.165) is 5.56 Å². The zero-order valence-electron chi connectivity index (χ0n) is 18.5. The smallest absolute Gasteiger partial charge is 0.243 e. The average molecular weight is 447 g/mol. The molecule has 1 fully saturated rings. The number of benzene rings is 2. The summed E-state index contributed by atoms with van der Waals surface area (Å²) < 4.78 is 38.1. The highest BCUT2D eigenvalue weighted by Gasteiger charge is 2.40. The first kappa shape index (κ1) is 23.1. The van der Waals surface area contributed by atoms with Crippen LogP contribution >= 0.6 is 0 Å². The Balaban J connectivity index is 1.64. The number of methoxy groups -OCH3 is 2. The number of nitrogens with zero attached hydrogens (tertiary/aromatic N) is 1. The number of nitrogens with one attached hydrogen (secondary N) is 1. The van der Waals surface area contributed by atoms with Crippen LogP contribution < -0.4 is 14.8 Å². The van der Waals surface area contributed by atoms with Crippen LogP contribution in [0.5, 0.6) is 11.5 Å². The van der Waals surface area contributed by atoms with E-state index in [4.69, 9.17) is 9.47 Å². The van der Waals surface area contributed by atoms with Crippen LogP contribution in [-0.2, 0) is 21.4 Å². The van der Waals surface area contributed by atoms with Crippen LogP contribution in [0.15, 0.2) is 47.4 Å². The SMILES string of the molecule is COc1ccc(S(=O)(=O)N2CCC(C)(C(=O)NCc3ccc(C)cc3)CC2)cc1OC. The molecule has 7 nitrogen and oxygen atoms in total. The van der Waals surface area contributed by atoms with Gasteiger partial charge < -0.3 is 14.8 Å². The Kier molecular flexibility index (Phi) is 6.91. The van der Waals surface area contributed by atoms with Gasteiger partial charge in [0.15, 0.2) is 11.5 Å². The summed E-state index contributed by atoms with van der Waals surface area (Å²) in [5.41, 5.74) is 1.61. The Morgan fingerprint density at radius 2 is 1.65 bits per heavy atom. The molecule has 0 atom stereocenters. The molecule has 8 heteroatoms. The van der Waals surface area contributed by atoms with Gasteiger partial charge in [0.2, 0.25) is 15.9 Å². The molecule has 168 valence electrons. The molecule has 0 unspecified atom stereocenters. The monoisotopic (exact) mass is 446 g/mol. The van der Waals surface area contributed by atoms with Gasteiger partial charge in [0.05, 0.1) is 19.1 Å². The zero-order valence-corrected chi connectivity index (χ0v) is 19.3. The Morgan fingerprint density at radius 1 is 1.03 bits per heavy atom. The molecule has 1 N–H and O–H groups in total. The van der Waals surface area contributed by atoms with Crippen molar-refractivity contribution < 1.29 is 22.7 Å². The second-order valence-corrected chi connectivity index (χ2v) is 10.1. The summed E-state index contributed by atoms with van der Waals surface area (Å²) in [4.78, 5) is 13.0. The van der Waals surface area contributed by atoms with Crippen LogP contribution in [0.25, 0.3) is 0 Å². The lowest BCUT2D eigenvalue weighted by atomic mass is 9.80. The molecule has 3 rings (SSSR count). The van der Waals surface area contributed by atoms with Crippen LogP contribution in [0.3, 0.4) is 0 Å². The number of hydrogen-bond acceptors (Lipinski definition) is 5. The maximum atomic E-state index is 13.1. The van der Waals surface area contributed by atoms with Crippen LogP contribution in [0.2, 0.25) is 0 Å². The first-order valence-corrected chi connectivity index (χ1v) is 11.7. The van der Waals surface area contributed by atoms with E-state index in [-0.39, 0.29) is 23.9 Å². The van der Waals surface area contributed by atoms with Crippen molar-refractivity contribution in [3.8, 4) is 11.5 Å². The maximum absolute atomic E-state index is 13.1. The highest BCUT2D eigenvalue weighted by Crippen LogP contribution is 2.35. The van der Waals surface area contributed by atoms with Crippen molar-refractivity contribution in [2.45, 2.75) is 38.1 Å². The first-order valence-electron chi connectivity index (χ1n) is 10.3. The van der Waals surface area contributed by atoms with Gasteiger partial charge in [-0.25, -0.2) is 8.42 Å². The van der Waals surface area contributed by atoms with Gasteiger partial charge in [0.1, 0.15) is 0 Å². The normalized spacial score (nSPS) is 16.5. The van der Waals surface area contributed by atoms with Crippen LogP contribution in [-0.4, -0.2) is 45.9 Å². The van der Waals surface area contributed by atoms with Crippen LogP contribution in [0.4, 0.5) is 0 Å². The van der Waals surface area contributed by atoms with Crippen molar-refractivity contribution in [1.29, 1.82) is 0 Å². The van der Waals surface area contributed by atoms with Gasteiger partial charge in [-0.3, -0.25) is 4.79 Å². The number of hydrogen-bond donors (Lipinski definition) is 1. The summed E-state index contributed by atoms with van der Waals surface area (Å²) in [5.74, 6) is 0.787. The van der Waals surface area contributed by atoms with E-state index in [1.165, 1.54) is 36.2 Å². The van der Waals surface area contributed by atoms with Crippen molar-refractivity contribution >= 4 is 15.9 Å². The predicted molar refractivity (Wildman–Crippen MR) is 119 cm³/mol. The summed E-state index contributed by atoms with van der Waals surface area (Å²) >= 11 is 0. The molecule has 2 aromatic rings. The molecule has 1 aliphatic heterocycles. The van der Waals surface area contributed by atoms with Gasteiger partial charge in [-0.05, 0) is 37.5 Å². The van der Waals surface area contributed by atoms with E-state index in [0.29, 0.717) is 30.9 Å². The van der Waals surface area contributed by atoms with Crippen molar-refractivity contribution in [2.24, 2.45) is 5.41 Å². The molecule has 0 aromatic heterocycles. The summed E-state index contributed by atoms with van der Waals surface area (Å²) in [6, 6.07) is 12.6. The maximum Gasteiger partial charge on any atom is 0.243 e. The highest BCUT2D eigenvalue weighted by atomic mass is 32.2. The van der Waals surface area contributed by atoms with E-state index >= 15 is 0 Å². The van der Waals surface area contributed by atoms with E-state index in [2.05, 4.69) is 5.32 Å². The minimum atomic E-state index is -3.69. The molecule has 0 radical (unpaired) electrons. The van der Waals surface area contributed by atoms with E-state index in [1.807, 2.05) is 38.1 Å². The third kappa shape index (κ3) is 5.02. The Labute approximate surface area is 184 Å². The molecule has 1 amide bonds. The van der Waals surface area contributed by atoms with Crippen molar-refractivity contribution in [2.75, 3.05) is 27.3 Å². The first-order chi connectivity index (χ1) is 14.7. The van der Waals surface area contributed by atoms with E-state index < -0.39 is 15.4 Å². The van der Waals surface area contributed by atoms with Gasteiger partial charge in [0, 0.05) is 31.1 Å². The zero-order chi connectivity index (χ0) is 22.6. The minimum absolute atomic E-state index is 0.0451. The quantitative estimate of drug-likeness (QED) is 0.706. The largest absolute Gasteiger partial charge is 0.493 e. The minimum Gasteiger partial charge on any atom is -0.493 e. The van der Waals surface area contributed by atoms with Gasteiger partial charge >= 0.3 is 0 Å². The molecule has 2 aromatic carbocycles. The molecule has 0 aliphatic carbocycles. The fourth-order valence-electron chi connectivity index (χ4n) is 3.67. The summed E-state index contributed by atoms with van der Waals surface area (Å²) in [6.45, 7) is 4.95. The lowest BCUT2D eigenvalue weighted by Crippen LogP contribution is -2.48. The second kappa shape index (κ2) is 9.28. The third-order valence-corrected chi connectivity index (χ3v) is 7.84. The number of carbonyl (C=O) groups is 1. The molecular weight excluding hydrogens is 416 g/mol. The van der Waals surface area contributed by atoms with E-state index in [9.17, 15) is 13.2 Å². The van der Waals surface area contributed by atoms with Crippen molar-refractivity contribution in [1.82, 2.24) is 9.62 Å². The predicted octanol–water partition coefficient (Wildman–Crippen LogP) is 3.12. The lowest BCUT2D eigenvalue weighted by molar-refractivity contribution is -0.132. The summed E-state index contributed by atoms with van der Waals surface area (Å²) in [7, 11) is -0.719.